The molecule has 118 valence electrons. The maximum Gasteiger partial charge on any atom is 0.123 e. The van der Waals surface area contributed by atoms with E-state index in [1.165, 1.54) is 11.1 Å². The van der Waals surface area contributed by atoms with Crippen LogP contribution in [-0.2, 0) is 24.8 Å². The number of rotatable bonds is 5. The van der Waals surface area contributed by atoms with Crippen molar-refractivity contribution in [2.45, 2.75) is 25.5 Å². The van der Waals surface area contributed by atoms with Crippen LogP contribution in [0.3, 0.4) is 0 Å². The van der Waals surface area contributed by atoms with Gasteiger partial charge in [-0.15, -0.1) is 0 Å². The van der Waals surface area contributed by atoms with Gasteiger partial charge in [-0.2, -0.15) is 5.10 Å². The Morgan fingerprint density at radius 2 is 2.32 bits per heavy atom. The van der Waals surface area contributed by atoms with E-state index >= 15 is 0 Å². The quantitative estimate of drug-likeness (QED) is 0.899. The van der Waals surface area contributed by atoms with Gasteiger partial charge in [0.1, 0.15) is 5.82 Å². The normalized spacial score (nSPS) is 19.4. The number of hydrogen-bond donors (Lipinski definition) is 1. The maximum absolute atomic E-state index is 5.89. The molecule has 6 nitrogen and oxygen atoms in total. The fraction of sp³-hybridized carbons (Fsp3) is 0.500. The van der Waals surface area contributed by atoms with Gasteiger partial charge in [-0.3, -0.25) is 9.58 Å². The van der Waals surface area contributed by atoms with Crippen molar-refractivity contribution < 1.29 is 4.74 Å². The molecule has 1 saturated heterocycles. The summed E-state index contributed by atoms with van der Waals surface area (Å²) in [7, 11) is 1.95. The summed E-state index contributed by atoms with van der Waals surface area (Å²) in [5.74, 6) is 0.584. The van der Waals surface area contributed by atoms with E-state index in [0.717, 1.165) is 39.1 Å². The lowest BCUT2D eigenvalue weighted by molar-refractivity contribution is -0.0345. The molecular weight excluding hydrogens is 278 g/mol. The maximum atomic E-state index is 5.89. The summed E-state index contributed by atoms with van der Waals surface area (Å²) in [6, 6.07) is 3.96. The zero-order valence-corrected chi connectivity index (χ0v) is 13.0. The molecule has 1 aliphatic rings. The van der Waals surface area contributed by atoms with Crippen molar-refractivity contribution in [3.63, 3.8) is 0 Å². The Labute approximate surface area is 130 Å². The fourth-order valence-electron chi connectivity index (χ4n) is 2.89. The van der Waals surface area contributed by atoms with Gasteiger partial charge < -0.3 is 10.5 Å². The third-order valence-electron chi connectivity index (χ3n) is 3.99. The van der Waals surface area contributed by atoms with Crippen LogP contribution in [0.25, 0.3) is 0 Å². The third kappa shape index (κ3) is 4.05. The van der Waals surface area contributed by atoms with Crippen molar-refractivity contribution in [1.29, 1.82) is 0 Å². The van der Waals surface area contributed by atoms with Gasteiger partial charge in [0, 0.05) is 44.6 Å². The third-order valence-corrected chi connectivity index (χ3v) is 3.99. The monoisotopic (exact) mass is 301 g/mol. The van der Waals surface area contributed by atoms with E-state index in [0.29, 0.717) is 5.82 Å². The summed E-state index contributed by atoms with van der Waals surface area (Å²) in [5, 5.41) is 4.23. The zero-order valence-electron chi connectivity index (χ0n) is 13.0. The number of nitrogens with zero attached hydrogens (tertiary/aromatic N) is 4. The van der Waals surface area contributed by atoms with Gasteiger partial charge in [-0.05, 0) is 30.5 Å². The first-order valence-corrected chi connectivity index (χ1v) is 7.71. The average molecular weight is 301 g/mol. The zero-order chi connectivity index (χ0) is 15.4. The molecule has 22 heavy (non-hydrogen) atoms. The molecule has 0 saturated carbocycles. The highest BCUT2D eigenvalue weighted by molar-refractivity contribution is 5.31. The van der Waals surface area contributed by atoms with Crippen molar-refractivity contribution in [2.24, 2.45) is 7.05 Å². The van der Waals surface area contributed by atoms with Crippen LogP contribution in [0.4, 0.5) is 5.82 Å². The Bertz CT molecular complexity index is 612. The largest absolute Gasteiger partial charge is 0.384 e. The second-order valence-corrected chi connectivity index (χ2v) is 5.88. The first-order valence-electron chi connectivity index (χ1n) is 7.71. The molecule has 3 rings (SSSR count). The predicted molar refractivity (Wildman–Crippen MR) is 85.2 cm³/mol. The first kappa shape index (κ1) is 15.0. The molecule has 0 bridgehead atoms. The molecule has 0 radical (unpaired) electrons. The van der Waals surface area contributed by atoms with Crippen LogP contribution in [0, 0.1) is 0 Å². The summed E-state index contributed by atoms with van der Waals surface area (Å²) in [5.41, 5.74) is 8.20. The molecule has 2 aromatic heterocycles. The molecule has 0 amide bonds. The molecule has 3 heterocycles. The van der Waals surface area contributed by atoms with E-state index in [1.54, 1.807) is 6.20 Å². The van der Waals surface area contributed by atoms with E-state index < -0.39 is 0 Å². The van der Waals surface area contributed by atoms with Crippen LogP contribution in [-0.4, -0.2) is 45.5 Å². The van der Waals surface area contributed by atoms with E-state index in [2.05, 4.69) is 21.2 Å². The number of nitrogen functional groups attached to an aromatic ring is 1. The van der Waals surface area contributed by atoms with Crippen LogP contribution in [0.1, 0.15) is 17.5 Å². The summed E-state index contributed by atoms with van der Waals surface area (Å²) in [6.45, 7) is 3.68. The average Bonchev–Trinajstić information content (AvgIpc) is 2.91. The molecule has 0 aromatic carbocycles. The van der Waals surface area contributed by atoms with Gasteiger partial charge in [-0.25, -0.2) is 4.98 Å². The van der Waals surface area contributed by atoms with Crippen LogP contribution in [0.5, 0.6) is 0 Å². The van der Waals surface area contributed by atoms with Crippen molar-refractivity contribution in [1.82, 2.24) is 19.7 Å². The summed E-state index contributed by atoms with van der Waals surface area (Å²) in [6.07, 6.45) is 8.03. The Morgan fingerprint density at radius 1 is 1.41 bits per heavy atom. The van der Waals surface area contributed by atoms with Crippen LogP contribution in [0.15, 0.2) is 30.7 Å². The van der Waals surface area contributed by atoms with Gasteiger partial charge in [0.05, 0.1) is 18.9 Å². The lowest BCUT2D eigenvalue weighted by Gasteiger charge is -2.32. The van der Waals surface area contributed by atoms with Crippen molar-refractivity contribution in [3.05, 3.63) is 41.9 Å². The van der Waals surface area contributed by atoms with Gasteiger partial charge >= 0.3 is 0 Å². The highest BCUT2D eigenvalue weighted by atomic mass is 16.5. The molecule has 0 aliphatic carbocycles. The van der Waals surface area contributed by atoms with E-state index in [9.17, 15) is 0 Å². The SMILES string of the molecule is Cn1cc(CN2CCO[C@@H](CCc3ccnc(N)c3)C2)cn1. The predicted octanol–water partition coefficient (Wildman–Crippen LogP) is 1.23. The van der Waals surface area contributed by atoms with Crippen LogP contribution in [0.2, 0.25) is 0 Å². The van der Waals surface area contributed by atoms with Crippen molar-refractivity contribution >= 4 is 5.82 Å². The van der Waals surface area contributed by atoms with E-state index in [4.69, 9.17) is 10.5 Å². The standard InChI is InChI=1S/C16H23N5O/c1-20-10-14(9-19-20)11-21-6-7-22-15(12-21)3-2-13-4-5-18-16(17)8-13/h4-5,8-10,15H,2-3,6-7,11-12H2,1H3,(H2,17,18)/t15-/m0/s1. The molecule has 0 spiro atoms. The summed E-state index contributed by atoms with van der Waals surface area (Å²) in [4.78, 5) is 6.46. The number of ether oxygens (including phenoxy) is 1. The number of aromatic nitrogens is 3. The smallest absolute Gasteiger partial charge is 0.123 e. The summed E-state index contributed by atoms with van der Waals surface area (Å²) < 4.78 is 7.74. The van der Waals surface area contributed by atoms with Gasteiger partial charge in [0.15, 0.2) is 0 Å². The molecule has 1 aliphatic heterocycles. The fourth-order valence-corrected chi connectivity index (χ4v) is 2.89. The second-order valence-electron chi connectivity index (χ2n) is 5.88. The van der Waals surface area contributed by atoms with Crippen LogP contribution < -0.4 is 5.73 Å². The minimum atomic E-state index is 0.278. The molecule has 1 fully saturated rings. The van der Waals surface area contributed by atoms with Gasteiger partial charge in [-0.1, -0.05) is 0 Å². The highest BCUT2D eigenvalue weighted by Crippen LogP contribution is 2.15. The first-order chi connectivity index (χ1) is 10.7. The number of anilines is 1. The van der Waals surface area contributed by atoms with Gasteiger partial charge in [0.25, 0.3) is 0 Å². The Morgan fingerprint density at radius 3 is 3.09 bits per heavy atom. The van der Waals surface area contributed by atoms with Crippen LogP contribution >= 0.6 is 0 Å². The topological polar surface area (TPSA) is 69.2 Å². The number of aryl methyl sites for hydroxylation is 2. The van der Waals surface area contributed by atoms with E-state index in [1.807, 2.05) is 30.1 Å². The minimum Gasteiger partial charge on any atom is -0.384 e. The van der Waals surface area contributed by atoms with Crippen molar-refractivity contribution in [2.75, 3.05) is 25.4 Å². The number of morpholine rings is 1. The molecule has 6 heteroatoms. The second kappa shape index (κ2) is 6.89. The number of nitrogens with two attached hydrogens (primary N) is 1. The number of pyridine rings is 1. The highest BCUT2D eigenvalue weighted by Gasteiger charge is 2.20. The Balaban J connectivity index is 1.50. The molecular formula is C16H23N5O. The number of hydrogen-bond acceptors (Lipinski definition) is 5. The molecule has 1 atom stereocenters. The molecule has 2 aromatic rings. The lowest BCUT2D eigenvalue weighted by atomic mass is 10.1. The molecule has 2 N–H and O–H groups in total. The van der Waals surface area contributed by atoms with Gasteiger partial charge in [0.2, 0.25) is 0 Å². The summed E-state index contributed by atoms with van der Waals surface area (Å²) >= 11 is 0. The van der Waals surface area contributed by atoms with Crippen molar-refractivity contribution in [3.8, 4) is 0 Å². The Hall–Kier alpha value is -1.92. The molecule has 0 unspecified atom stereocenters. The Kier molecular flexibility index (Phi) is 4.70. The lowest BCUT2D eigenvalue weighted by Crippen LogP contribution is -2.42. The van der Waals surface area contributed by atoms with E-state index in [-0.39, 0.29) is 6.10 Å². The minimum absolute atomic E-state index is 0.278.